The number of thioether (sulfide) groups is 1. The van der Waals surface area contributed by atoms with Crippen molar-refractivity contribution in [2.24, 2.45) is 39.9 Å². The van der Waals surface area contributed by atoms with Gasteiger partial charge in [0.25, 0.3) is 0 Å². The van der Waals surface area contributed by atoms with Crippen molar-refractivity contribution >= 4 is 23.6 Å². The van der Waals surface area contributed by atoms with Crippen LogP contribution in [-0.4, -0.2) is 32.5 Å². The fourth-order valence-electron chi connectivity index (χ4n) is 9.79. The molecule has 5 nitrogen and oxygen atoms in total. The second-order valence-corrected chi connectivity index (χ2v) is 14.9. The molecule has 212 valence electrons. The van der Waals surface area contributed by atoms with E-state index in [1.807, 2.05) is 23.4 Å². The molecule has 2 aromatic rings. The highest BCUT2D eigenvalue weighted by Crippen LogP contribution is 2.71. The normalized spacial score (nSPS) is 38.9. The number of hydrogen-bond donors (Lipinski definition) is 1. The number of aliphatic hydroxyl groups is 1. The number of nitrogens with zero attached hydrogens (tertiary/aromatic N) is 2. The average Bonchev–Trinajstić information content (AvgIpc) is 3.56. The Balaban J connectivity index is 1.27. The van der Waals surface area contributed by atoms with Crippen LogP contribution in [0.25, 0.3) is 6.08 Å². The molecule has 1 N–H and O–H groups in total. The van der Waals surface area contributed by atoms with E-state index in [0.717, 1.165) is 60.8 Å². The summed E-state index contributed by atoms with van der Waals surface area (Å²) in [5, 5.41) is 16.9. The minimum absolute atomic E-state index is 0.0727. The van der Waals surface area contributed by atoms with Crippen LogP contribution in [0.1, 0.15) is 96.4 Å². The standard InChI is InChI=1S/C33H46N2O3S/c1-7-29(37)33(6)20(3)13-26-25-12-9-22-14-27-21(15-31(22,4)30(25)28(36)16-32(26,33)5)17-35(34-27)18-23-10-11-24(38-23)19-39-8-2/h10-11,14,17,20,25-26,28,30,36H,7-9,12-13,15-16,18-19H2,1-6H3/t20-,25+,26+,28+,30-,31+,32+,33?/m1/s1. The van der Waals surface area contributed by atoms with Crippen molar-refractivity contribution in [3.8, 4) is 0 Å². The van der Waals surface area contributed by atoms with Gasteiger partial charge in [0, 0.05) is 18.0 Å². The first-order valence-corrected chi connectivity index (χ1v) is 16.3. The van der Waals surface area contributed by atoms with Crippen molar-refractivity contribution in [3.63, 3.8) is 0 Å². The number of allylic oxidation sites excluding steroid dienone is 1. The lowest BCUT2D eigenvalue weighted by molar-refractivity contribution is -0.158. The number of aromatic nitrogens is 2. The van der Waals surface area contributed by atoms with Gasteiger partial charge in [0.2, 0.25) is 0 Å². The number of furan rings is 1. The molecule has 2 heterocycles. The maximum absolute atomic E-state index is 13.4. The minimum Gasteiger partial charge on any atom is -0.463 e. The Morgan fingerprint density at radius 2 is 2.00 bits per heavy atom. The lowest BCUT2D eigenvalue weighted by Gasteiger charge is -2.61. The molecule has 8 atom stereocenters. The number of fused-ring (bicyclic) bond motifs is 6. The summed E-state index contributed by atoms with van der Waals surface area (Å²) in [5.41, 5.74) is 3.26. The summed E-state index contributed by atoms with van der Waals surface area (Å²) in [6.45, 7) is 14.1. The lowest BCUT2D eigenvalue weighted by atomic mass is 9.44. The Morgan fingerprint density at radius 3 is 2.74 bits per heavy atom. The lowest BCUT2D eigenvalue weighted by Crippen LogP contribution is -2.59. The summed E-state index contributed by atoms with van der Waals surface area (Å²) in [6.07, 6.45) is 9.66. The van der Waals surface area contributed by atoms with Crippen molar-refractivity contribution in [3.05, 3.63) is 46.7 Å². The summed E-state index contributed by atoms with van der Waals surface area (Å²) >= 11 is 1.87. The number of rotatable bonds is 7. The van der Waals surface area contributed by atoms with Crippen LogP contribution in [0, 0.1) is 39.9 Å². The zero-order valence-corrected chi connectivity index (χ0v) is 25.4. The molecule has 3 fully saturated rings. The number of hydrogen-bond acceptors (Lipinski definition) is 5. The maximum atomic E-state index is 13.4. The average molecular weight is 551 g/mol. The molecule has 0 bridgehead atoms. The quantitative estimate of drug-likeness (QED) is 0.396. The fraction of sp³-hybridized carbons (Fsp3) is 0.697. The highest BCUT2D eigenvalue weighted by Gasteiger charge is 2.68. The van der Waals surface area contributed by atoms with E-state index in [-0.39, 0.29) is 22.2 Å². The van der Waals surface area contributed by atoms with Gasteiger partial charge in [-0.1, -0.05) is 47.1 Å². The Kier molecular flexibility index (Phi) is 6.77. The molecule has 39 heavy (non-hydrogen) atoms. The molecule has 6 heteroatoms. The van der Waals surface area contributed by atoms with Gasteiger partial charge in [-0.2, -0.15) is 16.9 Å². The van der Waals surface area contributed by atoms with Gasteiger partial charge in [-0.05, 0) is 96.1 Å². The van der Waals surface area contributed by atoms with Crippen molar-refractivity contribution in [2.75, 3.05) is 5.75 Å². The second kappa shape index (κ2) is 9.65. The van der Waals surface area contributed by atoms with Crippen molar-refractivity contribution in [1.82, 2.24) is 9.78 Å². The molecule has 0 radical (unpaired) electrons. The zero-order chi connectivity index (χ0) is 27.7. The molecule has 4 aliphatic rings. The van der Waals surface area contributed by atoms with Crippen LogP contribution in [0.5, 0.6) is 0 Å². The van der Waals surface area contributed by atoms with E-state index in [9.17, 15) is 9.90 Å². The number of carbonyl (C=O) groups is 1. The Bertz CT molecular complexity index is 1290. The Labute approximate surface area is 238 Å². The molecular formula is C33H46N2O3S. The predicted octanol–water partition coefficient (Wildman–Crippen LogP) is 7.16. The fourth-order valence-corrected chi connectivity index (χ4v) is 10.3. The van der Waals surface area contributed by atoms with Gasteiger partial charge in [-0.25, -0.2) is 0 Å². The van der Waals surface area contributed by atoms with Crippen LogP contribution in [-0.2, 0) is 23.5 Å². The molecule has 0 amide bonds. The largest absolute Gasteiger partial charge is 0.463 e. The molecule has 2 aromatic heterocycles. The Morgan fingerprint density at radius 1 is 1.23 bits per heavy atom. The maximum Gasteiger partial charge on any atom is 0.139 e. The first-order chi connectivity index (χ1) is 18.5. The monoisotopic (exact) mass is 550 g/mol. The van der Waals surface area contributed by atoms with Crippen LogP contribution in [0.4, 0.5) is 0 Å². The van der Waals surface area contributed by atoms with E-state index < -0.39 is 6.10 Å². The molecule has 3 saturated carbocycles. The minimum atomic E-state index is -0.390. The number of aliphatic hydroxyl groups excluding tert-OH is 1. The van der Waals surface area contributed by atoms with Crippen molar-refractivity contribution < 1.29 is 14.3 Å². The molecular weight excluding hydrogens is 504 g/mol. The molecule has 0 saturated heterocycles. The van der Waals surface area contributed by atoms with Crippen LogP contribution in [0.3, 0.4) is 0 Å². The van der Waals surface area contributed by atoms with Crippen molar-refractivity contribution in [2.45, 2.75) is 98.5 Å². The number of Topliss-reactive ketones (excluding diaryl/α,β-unsaturated/α-hetero) is 1. The topological polar surface area (TPSA) is 68.3 Å². The van der Waals surface area contributed by atoms with Crippen LogP contribution in [0.2, 0.25) is 0 Å². The zero-order valence-electron chi connectivity index (χ0n) is 24.6. The van der Waals surface area contributed by atoms with E-state index in [1.165, 1.54) is 11.1 Å². The van der Waals surface area contributed by atoms with Crippen LogP contribution in [0.15, 0.2) is 28.3 Å². The van der Waals surface area contributed by atoms with Gasteiger partial charge >= 0.3 is 0 Å². The predicted molar refractivity (Wildman–Crippen MR) is 157 cm³/mol. The molecule has 0 spiro atoms. The summed E-state index contributed by atoms with van der Waals surface area (Å²) in [6, 6.07) is 4.16. The summed E-state index contributed by atoms with van der Waals surface area (Å²) in [7, 11) is 0. The van der Waals surface area contributed by atoms with Crippen LogP contribution < -0.4 is 0 Å². The third kappa shape index (κ3) is 3.98. The molecule has 4 aliphatic carbocycles. The molecule has 0 aromatic carbocycles. The van der Waals surface area contributed by atoms with E-state index >= 15 is 0 Å². The SMILES string of the molecule is CCSCc1ccc(Cn2cc3c(n2)C=C2CC[C@@H]4[C@H]([C@@H](O)C[C@@]5(C)[C@H]4C[C@@H](C)C5(C)C(=O)CC)[C@@]2(C)C3)o1. The van der Waals surface area contributed by atoms with E-state index in [4.69, 9.17) is 9.52 Å². The van der Waals surface area contributed by atoms with Gasteiger partial charge in [0.1, 0.15) is 17.3 Å². The molecule has 0 aliphatic heterocycles. The van der Waals surface area contributed by atoms with Gasteiger partial charge in [-0.3, -0.25) is 9.48 Å². The van der Waals surface area contributed by atoms with Gasteiger partial charge in [0.05, 0.1) is 24.1 Å². The second-order valence-electron chi connectivity index (χ2n) is 13.6. The number of ketones is 1. The summed E-state index contributed by atoms with van der Waals surface area (Å²) in [5.74, 6) is 5.87. The summed E-state index contributed by atoms with van der Waals surface area (Å²) in [4.78, 5) is 13.4. The molecule has 6 rings (SSSR count). The van der Waals surface area contributed by atoms with Gasteiger partial charge < -0.3 is 9.52 Å². The van der Waals surface area contributed by atoms with Gasteiger partial charge in [-0.15, -0.1) is 0 Å². The smallest absolute Gasteiger partial charge is 0.139 e. The third-order valence-corrected chi connectivity index (χ3v) is 12.9. The summed E-state index contributed by atoms with van der Waals surface area (Å²) < 4.78 is 8.10. The third-order valence-electron chi connectivity index (χ3n) is 12.0. The first kappa shape index (κ1) is 27.4. The Hall–Kier alpha value is -1.79. The van der Waals surface area contributed by atoms with Crippen molar-refractivity contribution in [1.29, 1.82) is 0 Å². The van der Waals surface area contributed by atoms with Gasteiger partial charge in [0.15, 0.2) is 0 Å². The highest BCUT2D eigenvalue weighted by atomic mass is 32.2. The van der Waals surface area contributed by atoms with E-state index in [2.05, 4.69) is 59.0 Å². The van der Waals surface area contributed by atoms with E-state index in [1.54, 1.807) is 0 Å². The van der Waals surface area contributed by atoms with Crippen LogP contribution >= 0.6 is 11.8 Å². The van der Waals surface area contributed by atoms with E-state index in [0.29, 0.717) is 36.5 Å². The highest BCUT2D eigenvalue weighted by molar-refractivity contribution is 7.98. The first-order valence-electron chi connectivity index (χ1n) is 15.2. The molecule has 1 unspecified atom stereocenters. The number of carbonyl (C=O) groups excluding carboxylic acids is 1.